The molecule has 0 unspecified atom stereocenters. The molecule has 0 aliphatic heterocycles. The summed E-state index contributed by atoms with van der Waals surface area (Å²) in [6.07, 6.45) is 0. The summed E-state index contributed by atoms with van der Waals surface area (Å²) in [7, 11) is 0. The van der Waals surface area contributed by atoms with Crippen molar-refractivity contribution in [2.75, 3.05) is 5.32 Å². The van der Waals surface area contributed by atoms with E-state index in [-0.39, 0.29) is 21.9 Å². The molecule has 0 atom stereocenters. The maximum absolute atomic E-state index is 13.5. The standard InChI is InChI=1S/C11H6FN3O5S/c12-8-2-1-7(14(17)18)4-9(8)13-11(16)6-3-10(15(19)20)21-5-6/h1-5H,(H,13,16). The lowest BCUT2D eigenvalue weighted by atomic mass is 10.2. The SMILES string of the molecule is O=C(Nc1cc([N+](=O)[O-])ccc1F)c1csc([N+](=O)[O-])c1. The highest BCUT2D eigenvalue weighted by atomic mass is 32.1. The minimum atomic E-state index is -0.848. The van der Waals surface area contributed by atoms with Gasteiger partial charge in [-0.25, -0.2) is 4.39 Å². The van der Waals surface area contributed by atoms with Gasteiger partial charge in [0.05, 0.1) is 21.1 Å². The van der Waals surface area contributed by atoms with Crippen LogP contribution in [0.3, 0.4) is 0 Å². The first-order valence-corrected chi connectivity index (χ1v) is 6.24. The number of halogens is 1. The largest absolute Gasteiger partial charge is 0.324 e. The zero-order valence-electron chi connectivity index (χ0n) is 10.1. The van der Waals surface area contributed by atoms with Crippen LogP contribution in [-0.2, 0) is 0 Å². The summed E-state index contributed by atoms with van der Waals surface area (Å²) in [6, 6.07) is 3.72. The summed E-state index contributed by atoms with van der Waals surface area (Å²) in [4.78, 5) is 31.5. The first-order valence-electron chi connectivity index (χ1n) is 5.36. The van der Waals surface area contributed by atoms with E-state index in [1.807, 2.05) is 0 Å². The molecule has 0 radical (unpaired) electrons. The molecule has 1 aromatic heterocycles. The molecule has 0 saturated heterocycles. The monoisotopic (exact) mass is 311 g/mol. The number of nitro groups is 2. The molecule has 0 bridgehead atoms. The van der Waals surface area contributed by atoms with E-state index in [1.54, 1.807) is 0 Å². The van der Waals surface area contributed by atoms with Crippen molar-refractivity contribution in [2.24, 2.45) is 0 Å². The fourth-order valence-corrected chi connectivity index (χ4v) is 2.16. The number of thiophene rings is 1. The Hall–Kier alpha value is -2.88. The zero-order chi connectivity index (χ0) is 15.6. The van der Waals surface area contributed by atoms with Crippen molar-refractivity contribution in [2.45, 2.75) is 0 Å². The Balaban J connectivity index is 2.24. The predicted octanol–water partition coefficient (Wildman–Crippen LogP) is 2.96. The van der Waals surface area contributed by atoms with Crippen molar-refractivity contribution in [1.82, 2.24) is 0 Å². The van der Waals surface area contributed by atoms with Crippen LogP contribution in [-0.4, -0.2) is 15.8 Å². The molecule has 0 saturated carbocycles. The number of non-ortho nitro benzene ring substituents is 1. The molecular weight excluding hydrogens is 305 g/mol. The van der Waals surface area contributed by atoms with Crippen molar-refractivity contribution in [1.29, 1.82) is 0 Å². The molecular formula is C11H6FN3O5S. The second-order valence-corrected chi connectivity index (χ2v) is 4.70. The van der Waals surface area contributed by atoms with Crippen LogP contribution >= 0.6 is 11.3 Å². The first kappa shape index (κ1) is 14.5. The van der Waals surface area contributed by atoms with Crippen molar-refractivity contribution in [3.05, 3.63) is 61.3 Å². The van der Waals surface area contributed by atoms with E-state index < -0.39 is 21.6 Å². The zero-order valence-corrected chi connectivity index (χ0v) is 10.9. The fraction of sp³-hybridized carbons (Fsp3) is 0. The first-order chi connectivity index (χ1) is 9.88. The van der Waals surface area contributed by atoms with Crippen LogP contribution in [0, 0.1) is 26.0 Å². The third kappa shape index (κ3) is 3.17. The van der Waals surface area contributed by atoms with Crippen LogP contribution in [0.5, 0.6) is 0 Å². The average molecular weight is 311 g/mol. The number of nitro benzene ring substituents is 1. The summed E-state index contributed by atoms with van der Waals surface area (Å²) in [5.41, 5.74) is -0.788. The second kappa shape index (κ2) is 5.63. The third-order valence-corrected chi connectivity index (χ3v) is 3.32. The van der Waals surface area contributed by atoms with Crippen molar-refractivity contribution < 1.29 is 19.0 Å². The van der Waals surface area contributed by atoms with Crippen LogP contribution < -0.4 is 5.32 Å². The second-order valence-electron chi connectivity index (χ2n) is 3.81. The molecule has 1 aromatic carbocycles. The molecule has 1 amide bonds. The molecule has 2 aromatic rings. The molecule has 0 aliphatic rings. The van der Waals surface area contributed by atoms with E-state index in [9.17, 15) is 29.4 Å². The highest BCUT2D eigenvalue weighted by Gasteiger charge is 2.17. The lowest BCUT2D eigenvalue weighted by Crippen LogP contribution is -2.12. The van der Waals surface area contributed by atoms with Crippen LogP contribution in [0.4, 0.5) is 20.8 Å². The quantitative estimate of drug-likeness (QED) is 0.688. The van der Waals surface area contributed by atoms with Gasteiger partial charge in [-0.05, 0) is 6.07 Å². The van der Waals surface area contributed by atoms with Gasteiger partial charge in [-0.15, -0.1) is 0 Å². The molecule has 1 N–H and O–H groups in total. The van der Waals surface area contributed by atoms with E-state index in [1.165, 1.54) is 5.38 Å². The van der Waals surface area contributed by atoms with E-state index in [0.717, 1.165) is 35.6 Å². The van der Waals surface area contributed by atoms with Gasteiger partial charge in [-0.2, -0.15) is 0 Å². The number of hydrogen-bond acceptors (Lipinski definition) is 6. The van der Waals surface area contributed by atoms with Gasteiger partial charge in [-0.1, -0.05) is 11.3 Å². The summed E-state index contributed by atoms with van der Waals surface area (Å²) in [6.45, 7) is 0. The van der Waals surface area contributed by atoms with Crippen molar-refractivity contribution in [3.63, 3.8) is 0 Å². The van der Waals surface area contributed by atoms with Crippen LogP contribution in [0.2, 0.25) is 0 Å². The number of anilines is 1. The molecule has 2 rings (SSSR count). The molecule has 10 heteroatoms. The number of nitrogens with one attached hydrogen (secondary N) is 1. The maximum Gasteiger partial charge on any atom is 0.324 e. The summed E-state index contributed by atoms with van der Waals surface area (Å²) in [5, 5.41) is 24.3. The third-order valence-electron chi connectivity index (χ3n) is 2.44. The minimum Gasteiger partial charge on any atom is -0.319 e. The number of benzene rings is 1. The van der Waals surface area contributed by atoms with Gasteiger partial charge in [-0.3, -0.25) is 25.0 Å². The number of hydrogen-bond donors (Lipinski definition) is 1. The van der Waals surface area contributed by atoms with Gasteiger partial charge in [0.25, 0.3) is 11.6 Å². The molecule has 1 heterocycles. The van der Waals surface area contributed by atoms with Gasteiger partial charge in [0, 0.05) is 23.6 Å². The fourth-order valence-electron chi connectivity index (χ4n) is 1.46. The van der Waals surface area contributed by atoms with Gasteiger partial charge < -0.3 is 5.32 Å². The Bertz CT molecular complexity index is 745. The Labute approximate surface area is 120 Å². The highest BCUT2D eigenvalue weighted by Crippen LogP contribution is 2.25. The maximum atomic E-state index is 13.5. The number of amides is 1. The Morgan fingerprint density at radius 1 is 1.19 bits per heavy atom. The van der Waals surface area contributed by atoms with E-state index >= 15 is 0 Å². The number of carbonyl (C=O) groups is 1. The van der Waals surface area contributed by atoms with E-state index in [0.29, 0.717) is 0 Å². The minimum absolute atomic E-state index is 0.0300. The number of carbonyl (C=O) groups excluding carboxylic acids is 1. The summed E-state index contributed by atoms with van der Waals surface area (Å²) >= 11 is 0.747. The number of nitrogens with zero attached hydrogens (tertiary/aromatic N) is 2. The van der Waals surface area contributed by atoms with Gasteiger partial charge in [0.2, 0.25) is 0 Å². The average Bonchev–Trinajstić information content (AvgIpc) is 2.90. The van der Waals surface area contributed by atoms with Gasteiger partial charge in [0.15, 0.2) is 0 Å². The van der Waals surface area contributed by atoms with Gasteiger partial charge >= 0.3 is 5.00 Å². The van der Waals surface area contributed by atoms with Crippen molar-refractivity contribution >= 4 is 33.6 Å². The van der Waals surface area contributed by atoms with Crippen molar-refractivity contribution in [3.8, 4) is 0 Å². The highest BCUT2D eigenvalue weighted by molar-refractivity contribution is 7.13. The van der Waals surface area contributed by atoms with Crippen LogP contribution in [0.25, 0.3) is 0 Å². The molecule has 21 heavy (non-hydrogen) atoms. The van der Waals surface area contributed by atoms with Crippen LogP contribution in [0.15, 0.2) is 29.6 Å². The van der Waals surface area contributed by atoms with E-state index in [2.05, 4.69) is 5.32 Å². The number of rotatable bonds is 4. The normalized spacial score (nSPS) is 10.1. The molecule has 8 nitrogen and oxygen atoms in total. The van der Waals surface area contributed by atoms with Crippen LogP contribution in [0.1, 0.15) is 10.4 Å². The summed E-state index contributed by atoms with van der Waals surface area (Å²) in [5.74, 6) is -1.64. The Morgan fingerprint density at radius 3 is 2.48 bits per heavy atom. The lowest BCUT2D eigenvalue weighted by Gasteiger charge is -2.04. The molecule has 0 aliphatic carbocycles. The van der Waals surface area contributed by atoms with E-state index in [4.69, 9.17) is 0 Å². The predicted molar refractivity (Wildman–Crippen MR) is 72.0 cm³/mol. The summed E-state index contributed by atoms with van der Waals surface area (Å²) < 4.78 is 13.5. The van der Waals surface area contributed by atoms with Gasteiger partial charge in [0.1, 0.15) is 5.82 Å². The smallest absolute Gasteiger partial charge is 0.319 e. The lowest BCUT2D eigenvalue weighted by molar-refractivity contribution is -0.384. The topological polar surface area (TPSA) is 115 Å². The Morgan fingerprint density at radius 2 is 1.90 bits per heavy atom. The molecule has 108 valence electrons. The molecule has 0 fully saturated rings. The molecule has 0 spiro atoms. The Kier molecular flexibility index (Phi) is 3.89.